The quantitative estimate of drug-likeness (QED) is 0.166. The molecule has 232 valence electrons. The van der Waals surface area contributed by atoms with Crippen LogP contribution in [0.4, 0.5) is 4.39 Å². The largest absolute Gasteiger partial charge is 0.460 e. The first-order valence-electron chi connectivity index (χ1n) is 13.7. The van der Waals surface area contributed by atoms with E-state index in [0.717, 1.165) is 15.5 Å². The fourth-order valence-corrected chi connectivity index (χ4v) is 6.40. The second kappa shape index (κ2) is 12.8. The minimum Gasteiger partial charge on any atom is -0.460 e. The van der Waals surface area contributed by atoms with Gasteiger partial charge in [0.2, 0.25) is 5.82 Å². The van der Waals surface area contributed by atoms with Gasteiger partial charge in [-0.15, -0.1) is 0 Å². The lowest BCUT2D eigenvalue weighted by molar-refractivity contribution is -0.146. The van der Waals surface area contributed by atoms with E-state index in [9.17, 15) is 28.4 Å². The first-order valence-corrected chi connectivity index (χ1v) is 15.3. The van der Waals surface area contributed by atoms with Crippen LogP contribution in [0.3, 0.4) is 0 Å². The van der Waals surface area contributed by atoms with Crippen molar-refractivity contribution in [3.8, 4) is 5.75 Å². The number of halogens is 1. The highest BCUT2D eigenvalue weighted by Gasteiger charge is 2.46. The molecule has 2 unspecified atom stereocenters. The first kappa shape index (κ1) is 31.3. The second-order valence-electron chi connectivity index (χ2n) is 10.5. The van der Waals surface area contributed by atoms with Crippen LogP contribution in [0.1, 0.15) is 25.8 Å². The third-order valence-electron chi connectivity index (χ3n) is 7.14. The van der Waals surface area contributed by atoms with E-state index < -0.39 is 61.4 Å². The van der Waals surface area contributed by atoms with Crippen LogP contribution < -0.4 is 20.9 Å². The van der Waals surface area contributed by atoms with Crippen molar-refractivity contribution < 1.29 is 37.4 Å². The number of carbonyl (C=O) groups is 1. The Balaban J connectivity index is 1.35. The molecule has 0 amide bonds. The molecule has 5 atom stereocenters. The molecular formula is C30H31FN3O9P. The Labute approximate surface area is 250 Å². The molecule has 4 aromatic rings. The molecule has 12 nitrogen and oxygen atoms in total. The van der Waals surface area contributed by atoms with Crippen LogP contribution in [0.2, 0.25) is 0 Å². The number of hydrogen-bond donors (Lipinski definition) is 3. The number of hydrogen-bond acceptors (Lipinski definition) is 9. The van der Waals surface area contributed by atoms with Crippen molar-refractivity contribution in [2.75, 3.05) is 6.61 Å². The van der Waals surface area contributed by atoms with Gasteiger partial charge >= 0.3 is 19.4 Å². The van der Waals surface area contributed by atoms with E-state index in [1.807, 2.05) is 29.2 Å². The highest BCUT2D eigenvalue weighted by Crippen LogP contribution is 2.48. The molecule has 0 aliphatic carbocycles. The molecule has 3 N–H and O–H groups in total. The molecule has 1 aliphatic rings. The second-order valence-corrected chi connectivity index (χ2v) is 12.2. The van der Waals surface area contributed by atoms with Gasteiger partial charge in [0.15, 0.2) is 0 Å². The van der Waals surface area contributed by atoms with Gasteiger partial charge in [0.05, 0.1) is 18.9 Å². The standard InChI is InChI=1S/C30H31FN3O9P/c1-19(28(37)40-17-20-9-4-3-5-10-20)33-44(39,43-25-14-8-12-21-11-6-7-13-22(21)25)41-18-26-24(35)15-30(2,42-26)34-16-23(31)27(36)32-29(34)38/h3-14,16,19,24,26,35H,15,17-18H2,1-2H3,(H,33,39)(H,32,36,38)/t19-,24?,26+,30+,44?/m0/s1. The van der Waals surface area contributed by atoms with Gasteiger partial charge in [0.1, 0.15) is 30.2 Å². The third-order valence-corrected chi connectivity index (χ3v) is 8.77. The van der Waals surface area contributed by atoms with Crippen molar-refractivity contribution in [1.82, 2.24) is 14.6 Å². The van der Waals surface area contributed by atoms with Crippen molar-refractivity contribution >= 4 is 24.5 Å². The molecule has 1 aromatic heterocycles. The van der Waals surface area contributed by atoms with Crippen LogP contribution >= 0.6 is 7.75 Å². The van der Waals surface area contributed by atoms with Gasteiger partial charge in [-0.25, -0.2) is 9.36 Å². The van der Waals surface area contributed by atoms with Gasteiger partial charge in [-0.05, 0) is 30.9 Å². The number of aliphatic hydroxyl groups excluding tert-OH is 1. The minimum atomic E-state index is -4.39. The summed E-state index contributed by atoms with van der Waals surface area (Å²) in [5, 5.41) is 14.8. The number of aromatic amines is 1. The SMILES string of the molecule is C[C@H](NP(=O)(OC[C@H]1O[C@@](C)(n2cc(F)c(=O)[nH]c2=O)CC1O)Oc1cccc2ccccc12)C(=O)OCc1ccccc1. The number of fused-ring (bicyclic) bond motifs is 1. The molecule has 2 heterocycles. The van der Waals surface area contributed by atoms with E-state index in [0.29, 0.717) is 11.6 Å². The Morgan fingerprint density at radius 3 is 2.64 bits per heavy atom. The van der Waals surface area contributed by atoms with Crippen LogP contribution in [0.25, 0.3) is 10.8 Å². The molecular weight excluding hydrogens is 596 g/mol. The fourth-order valence-electron chi connectivity index (χ4n) is 4.88. The minimum absolute atomic E-state index is 0.00750. The Bertz CT molecular complexity index is 1810. The Kier molecular flexibility index (Phi) is 9.14. The maximum Gasteiger partial charge on any atom is 0.459 e. The molecule has 44 heavy (non-hydrogen) atoms. The molecule has 0 spiro atoms. The van der Waals surface area contributed by atoms with Gasteiger partial charge in [0.25, 0.3) is 5.56 Å². The van der Waals surface area contributed by atoms with Crippen LogP contribution in [-0.4, -0.2) is 45.5 Å². The maximum absolute atomic E-state index is 14.2. The van der Waals surface area contributed by atoms with Gasteiger partial charge in [0, 0.05) is 11.8 Å². The number of nitrogens with one attached hydrogen (secondary N) is 2. The summed E-state index contributed by atoms with van der Waals surface area (Å²) in [6.07, 6.45) is -1.90. The molecule has 14 heteroatoms. The lowest BCUT2D eigenvalue weighted by atomic mass is 10.1. The summed E-state index contributed by atoms with van der Waals surface area (Å²) >= 11 is 0. The average molecular weight is 628 g/mol. The summed E-state index contributed by atoms with van der Waals surface area (Å²) in [5.74, 6) is -1.73. The number of esters is 1. The van der Waals surface area contributed by atoms with E-state index in [-0.39, 0.29) is 18.8 Å². The maximum atomic E-state index is 14.2. The van der Waals surface area contributed by atoms with E-state index in [1.54, 1.807) is 48.5 Å². The van der Waals surface area contributed by atoms with Gasteiger partial charge in [-0.2, -0.15) is 9.48 Å². The fraction of sp³-hybridized carbons (Fsp3) is 0.300. The van der Waals surface area contributed by atoms with Crippen LogP contribution in [0, 0.1) is 5.82 Å². The molecule has 1 aliphatic heterocycles. The molecule has 0 radical (unpaired) electrons. The highest BCUT2D eigenvalue weighted by molar-refractivity contribution is 7.52. The number of aliphatic hydroxyl groups is 1. The Hall–Kier alpha value is -4.13. The monoisotopic (exact) mass is 627 g/mol. The molecule has 0 saturated carbocycles. The van der Waals surface area contributed by atoms with Gasteiger partial charge in [-0.3, -0.25) is 23.7 Å². The molecule has 5 rings (SSSR count). The summed E-state index contributed by atoms with van der Waals surface area (Å²) in [6, 6.07) is 20.2. The Morgan fingerprint density at radius 1 is 1.16 bits per heavy atom. The zero-order valence-corrected chi connectivity index (χ0v) is 24.7. The molecule has 1 saturated heterocycles. The van der Waals surface area contributed by atoms with Crippen molar-refractivity contribution in [3.05, 3.63) is 111 Å². The average Bonchev–Trinajstić information content (AvgIpc) is 3.31. The normalized spacial score (nSPS) is 21.9. The summed E-state index contributed by atoms with van der Waals surface area (Å²) in [6.45, 7) is 2.33. The molecule has 1 fully saturated rings. The zero-order chi connectivity index (χ0) is 31.5. The topological polar surface area (TPSA) is 158 Å². The number of ether oxygens (including phenoxy) is 2. The van der Waals surface area contributed by atoms with Crippen molar-refractivity contribution in [2.45, 2.75) is 50.8 Å². The molecule has 3 aromatic carbocycles. The smallest absolute Gasteiger partial charge is 0.459 e. The predicted molar refractivity (Wildman–Crippen MR) is 157 cm³/mol. The lowest BCUT2D eigenvalue weighted by Crippen LogP contribution is -2.43. The Morgan fingerprint density at radius 2 is 1.86 bits per heavy atom. The number of benzene rings is 3. The van der Waals surface area contributed by atoms with Crippen molar-refractivity contribution in [2.24, 2.45) is 0 Å². The summed E-state index contributed by atoms with van der Waals surface area (Å²) < 4.78 is 51.9. The number of nitrogens with zero attached hydrogens (tertiary/aromatic N) is 1. The lowest BCUT2D eigenvalue weighted by Gasteiger charge is -2.27. The van der Waals surface area contributed by atoms with Gasteiger partial charge < -0.3 is 19.1 Å². The summed E-state index contributed by atoms with van der Waals surface area (Å²) in [5.41, 5.74) is -2.95. The van der Waals surface area contributed by atoms with E-state index in [1.165, 1.54) is 13.8 Å². The van der Waals surface area contributed by atoms with Crippen LogP contribution in [0.5, 0.6) is 5.75 Å². The van der Waals surface area contributed by atoms with E-state index in [4.69, 9.17) is 18.5 Å². The first-order chi connectivity index (χ1) is 21.0. The number of carbonyl (C=O) groups excluding carboxylic acids is 1. The van der Waals surface area contributed by atoms with Crippen molar-refractivity contribution in [1.29, 1.82) is 0 Å². The zero-order valence-electron chi connectivity index (χ0n) is 23.8. The highest BCUT2D eigenvalue weighted by atomic mass is 31.2. The number of aromatic nitrogens is 2. The van der Waals surface area contributed by atoms with E-state index >= 15 is 0 Å². The van der Waals surface area contributed by atoms with Crippen LogP contribution in [0.15, 0.2) is 88.6 Å². The number of H-pyrrole nitrogens is 1. The third kappa shape index (κ3) is 6.98. The van der Waals surface area contributed by atoms with E-state index in [2.05, 4.69) is 5.09 Å². The van der Waals surface area contributed by atoms with Crippen LogP contribution in [-0.2, 0) is 35.7 Å². The predicted octanol–water partition coefficient (Wildman–Crippen LogP) is 3.58. The van der Waals surface area contributed by atoms with Crippen molar-refractivity contribution in [3.63, 3.8) is 0 Å². The summed E-state index contributed by atoms with van der Waals surface area (Å²) in [7, 11) is -4.39. The van der Waals surface area contributed by atoms with Gasteiger partial charge in [-0.1, -0.05) is 66.7 Å². The molecule has 0 bridgehead atoms. The summed E-state index contributed by atoms with van der Waals surface area (Å²) in [4.78, 5) is 38.6. The number of rotatable bonds is 11.